The Morgan fingerprint density at radius 2 is 1.97 bits per heavy atom. The summed E-state index contributed by atoms with van der Waals surface area (Å²) in [4.78, 5) is 34.6. The minimum Gasteiger partial charge on any atom is -0.375 e. The van der Waals surface area contributed by atoms with Crippen molar-refractivity contribution in [2.75, 3.05) is 30.3 Å². The van der Waals surface area contributed by atoms with Crippen LogP contribution in [0.5, 0.6) is 0 Å². The Morgan fingerprint density at radius 3 is 2.62 bits per heavy atom. The molecule has 29 heavy (non-hydrogen) atoms. The number of benzene rings is 1. The molecular formula is C21H22N6O2. The second-order valence-electron chi connectivity index (χ2n) is 7.36. The lowest BCUT2D eigenvalue weighted by Gasteiger charge is -2.16. The van der Waals surface area contributed by atoms with E-state index in [0.717, 1.165) is 44.3 Å². The van der Waals surface area contributed by atoms with Gasteiger partial charge in [-0.25, -0.2) is 4.98 Å². The number of hydrogen-bond acceptors (Lipinski definition) is 6. The van der Waals surface area contributed by atoms with Crippen molar-refractivity contribution >= 4 is 23.3 Å². The molecule has 0 unspecified atom stereocenters. The van der Waals surface area contributed by atoms with Gasteiger partial charge in [0.1, 0.15) is 6.07 Å². The lowest BCUT2D eigenvalue weighted by Crippen LogP contribution is -2.33. The van der Waals surface area contributed by atoms with Crippen molar-refractivity contribution in [2.45, 2.75) is 25.7 Å². The van der Waals surface area contributed by atoms with Crippen LogP contribution in [0.3, 0.4) is 0 Å². The summed E-state index contributed by atoms with van der Waals surface area (Å²) < 4.78 is 0. The molecule has 2 amide bonds. The zero-order valence-electron chi connectivity index (χ0n) is 16.0. The Morgan fingerprint density at radius 1 is 1.17 bits per heavy atom. The van der Waals surface area contributed by atoms with Crippen molar-refractivity contribution in [3.63, 3.8) is 0 Å². The van der Waals surface area contributed by atoms with Crippen molar-refractivity contribution < 1.29 is 9.59 Å². The highest BCUT2D eigenvalue weighted by Crippen LogP contribution is 2.30. The van der Waals surface area contributed by atoms with E-state index >= 15 is 0 Å². The number of rotatable bonds is 6. The second-order valence-corrected chi connectivity index (χ2v) is 7.36. The molecule has 1 saturated carbocycles. The van der Waals surface area contributed by atoms with E-state index in [1.165, 1.54) is 6.20 Å². The standard InChI is InChI=1S/C21H22N6O2/c22-10-16-6-5-15(9-17(16)24-13-20(28)27-7-1-2-8-27)18-11-25-19(12-23-18)26-21(29)14-3-4-14/h5-6,9,11-12,14,24H,1-4,7-8,13H2,(H,25,26,29). The van der Waals surface area contributed by atoms with Gasteiger partial charge in [-0.1, -0.05) is 6.07 Å². The quantitative estimate of drug-likeness (QED) is 0.783. The zero-order valence-corrected chi connectivity index (χ0v) is 16.0. The van der Waals surface area contributed by atoms with Gasteiger partial charge >= 0.3 is 0 Å². The summed E-state index contributed by atoms with van der Waals surface area (Å²) >= 11 is 0. The van der Waals surface area contributed by atoms with Crippen molar-refractivity contribution in [3.05, 3.63) is 36.2 Å². The minimum atomic E-state index is -0.0143. The van der Waals surface area contributed by atoms with E-state index in [1.54, 1.807) is 24.4 Å². The molecule has 2 aliphatic rings. The van der Waals surface area contributed by atoms with Gasteiger partial charge in [0.25, 0.3) is 0 Å². The summed E-state index contributed by atoms with van der Waals surface area (Å²) in [5.74, 6) is 0.549. The maximum atomic E-state index is 12.3. The molecule has 0 bridgehead atoms. The molecule has 1 aliphatic carbocycles. The predicted molar refractivity (Wildman–Crippen MR) is 108 cm³/mol. The zero-order chi connectivity index (χ0) is 20.2. The smallest absolute Gasteiger partial charge is 0.241 e. The number of carbonyl (C=O) groups excluding carboxylic acids is 2. The molecule has 0 atom stereocenters. The van der Waals surface area contributed by atoms with E-state index in [4.69, 9.17) is 0 Å². The second kappa shape index (κ2) is 8.27. The lowest BCUT2D eigenvalue weighted by atomic mass is 10.1. The number of aromatic nitrogens is 2. The van der Waals surface area contributed by atoms with Gasteiger partial charge in [-0.3, -0.25) is 14.6 Å². The van der Waals surface area contributed by atoms with Gasteiger partial charge in [-0.15, -0.1) is 0 Å². The van der Waals surface area contributed by atoms with Crippen LogP contribution < -0.4 is 10.6 Å². The molecule has 4 rings (SSSR count). The van der Waals surface area contributed by atoms with Crippen LogP contribution in [0.15, 0.2) is 30.6 Å². The third-order valence-corrected chi connectivity index (χ3v) is 5.18. The van der Waals surface area contributed by atoms with Crippen LogP contribution in [0.25, 0.3) is 11.3 Å². The molecule has 0 spiro atoms. The van der Waals surface area contributed by atoms with Gasteiger partial charge in [-0.05, 0) is 37.8 Å². The Bertz CT molecular complexity index is 956. The van der Waals surface area contributed by atoms with Gasteiger partial charge < -0.3 is 15.5 Å². The van der Waals surface area contributed by atoms with E-state index in [-0.39, 0.29) is 24.3 Å². The Balaban J connectivity index is 1.46. The van der Waals surface area contributed by atoms with Crippen molar-refractivity contribution in [1.29, 1.82) is 5.26 Å². The number of nitrogens with zero attached hydrogens (tertiary/aromatic N) is 4. The van der Waals surface area contributed by atoms with E-state index in [1.807, 2.05) is 4.90 Å². The molecule has 148 valence electrons. The summed E-state index contributed by atoms with van der Waals surface area (Å²) in [6.45, 7) is 1.74. The Labute approximate surface area is 169 Å². The molecule has 8 heteroatoms. The third-order valence-electron chi connectivity index (χ3n) is 5.18. The minimum absolute atomic E-state index is 0.0143. The highest BCUT2D eigenvalue weighted by Gasteiger charge is 2.29. The molecule has 1 aliphatic heterocycles. The van der Waals surface area contributed by atoms with Crippen LogP contribution in [0.2, 0.25) is 0 Å². The summed E-state index contributed by atoms with van der Waals surface area (Å²) in [6, 6.07) is 7.42. The topological polar surface area (TPSA) is 111 Å². The first-order valence-corrected chi connectivity index (χ1v) is 9.83. The van der Waals surface area contributed by atoms with Crippen LogP contribution in [-0.2, 0) is 9.59 Å². The summed E-state index contributed by atoms with van der Waals surface area (Å²) in [5.41, 5.74) is 2.44. The normalized spacial score (nSPS) is 15.6. The van der Waals surface area contributed by atoms with E-state index in [2.05, 4.69) is 26.7 Å². The molecule has 1 aromatic carbocycles. The lowest BCUT2D eigenvalue weighted by molar-refractivity contribution is -0.128. The average molecular weight is 390 g/mol. The number of hydrogen-bond donors (Lipinski definition) is 2. The maximum Gasteiger partial charge on any atom is 0.241 e. The van der Waals surface area contributed by atoms with Crippen LogP contribution in [0, 0.1) is 17.2 Å². The average Bonchev–Trinajstić information content (AvgIpc) is 3.46. The van der Waals surface area contributed by atoms with Gasteiger partial charge in [0.05, 0.1) is 35.9 Å². The highest BCUT2D eigenvalue weighted by atomic mass is 16.2. The molecule has 2 N–H and O–H groups in total. The summed E-state index contributed by atoms with van der Waals surface area (Å²) in [5, 5.41) is 15.2. The maximum absolute atomic E-state index is 12.3. The van der Waals surface area contributed by atoms with E-state index in [0.29, 0.717) is 22.8 Å². The van der Waals surface area contributed by atoms with Gasteiger partial charge in [0.2, 0.25) is 11.8 Å². The van der Waals surface area contributed by atoms with Crippen LogP contribution >= 0.6 is 0 Å². The van der Waals surface area contributed by atoms with Gasteiger partial charge in [-0.2, -0.15) is 5.26 Å². The first-order valence-electron chi connectivity index (χ1n) is 9.83. The van der Waals surface area contributed by atoms with Crippen molar-refractivity contribution in [3.8, 4) is 17.3 Å². The number of carbonyl (C=O) groups is 2. The predicted octanol–water partition coefficient (Wildman–Crippen LogP) is 2.40. The highest BCUT2D eigenvalue weighted by molar-refractivity contribution is 5.93. The molecule has 2 fully saturated rings. The number of amides is 2. The SMILES string of the molecule is N#Cc1ccc(-c2cnc(NC(=O)C3CC3)cn2)cc1NCC(=O)N1CCCC1. The number of anilines is 2. The molecule has 8 nitrogen and oxygen atoms in total. The third kappa shape index (κ3) is 4.51. The van der Waals surface area contributed by atoms with E-state index in [9.17, 15) is 14.9 Å². The molecule has 0 radical (unpaired) electrons. The molecule has 1 saturated heterocycles. The number of nitriles is 1. The van der Waals surface area contributed by atoms with Crippen LogP contribution in [-0.4, -0.2) is 46.3 Å². The van der Waals surface area contributed by atoms with Crippen LogP contribution in [0.1, 0.15) is 31.2 Å². The largest absolute Gasteiger partial charge is 0.375 e. The van der Waals surface area contributed by atoms with Gasteiger partial charge in [0, 0.05) is 24.6 Å². The Kier molecular flexibility index (Phi) is 5.38. The fourth-order valence-electron chi connectivity index (χ4n) is 3.31. The fraction of sp³-hybridized carbons (Fsp3) is 0.381. The molecular weight excluding hydrogens is 368 g/mol. The monoisotopic (exact) mass is 390 g/mol. The molecule has 1 aromatic heterocycles. The summed E-state index contributed by atoms with van der Waals surface area (Å²) in [6.07, 6.45) is 7.05. The first-order chi connectivity index (χ1) is 14.1. The van der Waals surface area contributed by atoms with Gasteiger partial charge in [0.15, 0.2) is 5.82 Å². The van der Waals surface area contributed by atoms with Crippen molar-refractivity contribution in [2.24, 2.45) is 5.92 Å². The molecule has 2 heterocycles. The Hall–Kier alpha value is -3.47. The van der Waals surface area contributed by atoms with Crippen molar-refractivity contribution in [1.82, 2.24) is 14.9 Å². The summed E-state index contributed by atoms with van der Waals surface area (Å²) in [7, 11) is 0. The molecule has 2 aromatic rings. The number of nitrogens with one attached hydrogen (secondary N) is 2. The number of likely N-dealkylation sites (tertiary alicyclic amines) is 1. The fourth-order valence-corrected chi connectivity index (χ4v) is 3.31. The first kappa shape index (κ1) is 18.9. The van der Waals surface area contributed by atoms with E-state index < -0.39 is 0 Å². The van der Waals surface area contributed by atoms with Crippen LogP contribution in [0.4, 0.5) is 11.5 Å².